The summed E-state index contributed by atoms with van der Waals surface area (Å²) in [7, 11) is 1.26. The minimum Gasteiger partial charge on any atom is -0.545 e. The summed E-state index contributed by atoms with van der Waals surface area (Å²) >= 11 is 0. The van der Waals surface area contributed by atoms with Crippen molar-refractivity contribution >= 4 is 23.0 Å². The van der Waals surface area contributed by atoms with Crippen LogP contribution in [0.5, 0.6) is 0 Å². The molecule has 0 saturated heterocycles. The van der Waals surface area contributed by atoms with Gasteiger partial charge in [-0.2, -0.15) is 0 Å². The fourth-order valence-electron chi connectivity index (χ4n) is 1.29. The molecule has 0 atom stereocenters. The lowest BCUT2D eigenvalue weighted by molar-refractivity contribution is -0.393. The second-order valence-corrected chi connectivity index (χ2v) is 2.94. The molecule has 0 saturated carbocycles. The molecule has 1 rings (SSSR count). The van der Waals surface area contributed by atoms with Gasteiger partial charge < -0.3 is 15.2 Å². The van der Waals surface area contributed by atoms with Crippen molar-refractivity contribution in [3.8, 4) is 0 Å². The Balaban J connectivity index is 3.63. The van der Waals surface area contributed by atoms with E-state index in [1.54, 1.807) is 0 Å². The van der Waals surface area contributed by atoms with E-state index in [-0.39, 0.29) is 5.69 Å². The van der Waals surface area contributed by atoms with Crippen molar-refractivity contribution in [2.45, 2.75) is 0 Å². The Labute approximate surface area is 94.0 Å². The first kappa shape index (κ1) is 12.4. The molecule has 1 N–H and O–H groups in total. The minimum absolute atomic E-state index is 0.333. The van der Waals surface area contributed by atoms with Gasteiger partial charge in [0, 0.05) is 18.7 Å². The Bertz CT molecular complexity index is 477. The maximum Gasteiger partial charge on any atom is 0.299 e. The number of nitrogens with zero attached hydrogens (tertiary/aromatic N) is 2. The van der Waals surface area contributed by atoms with Crippen LogP contribution < -0.4 is 10.4 Å². The van der Waals surface area contributed by atoms with Crippen molar-refractivity contribution < 1.29 is 19.7 Å². The van der Waals surface area contributed by atoms with Crippen LogP contribution in [0.2, 0.25) is 0 Å². The quantitative estimate of drug-likeness (QED) is 0.572. The molecule has 0 radical (unpaired) electrons. The number of benzene rings is 1. The normalized spacial score (nSPS) is 9.71. The molecule has 0 bridgehead atoms. The van der Waals surface area contributed by atoms with Gasteiger partial charge in [0.2, 0.25) is 0 Å². The lowest BCUT2D eigenvalue weighted by atomic mass is 10.1. The largest absolute Gasteiger partial charge is 0.545 e. The van der Waals surface area contributed by atoms with E-state index in [1.165, 1.54) is 7.05 Å². The summed E-state index contributed by atoms with van der Waals surface area (Å²) in [6.45, 7) is 0. The van der Waals surface area contributed by atoms with E-state index in [4.69, 9.17) is 0 Å². The standard InChI is InChI=1S/C8H7N3O6/c1-9-7-5(8(12)13)2-4(10(14)15)3-6(7)11(16)17/h2-3,9H,1H3,(H,12,13)/p-1. The van der Waals surface area contributed by atoms with E-state index in [9.17, 15) is 30.1 Å². The molecule has 0 heterocycles. The minimum atomic E-state index is -1.74. The zero-order chi connectivity index (χ0) is 13.2. The van der Waals surface area contributed by atoms with E-state index in [0.717, 1.165) is 0 Å². The molecule has 0 aliphatic heterocycles. The number of nitro groups is 2. The third kappa shape index (κ3) is 2.27. The molecule has 0 aromatic heterocycles. The second kappa shape index (κ2) is 4.43. The highest BCUT2D eigenvalue weighted by molar-refractivity contribution is 5.96. The maximum absolute atomic E-state index is 10.7. The van der Waals surface area contributed by atoms with Crippen LogP contribution in [-0.4, -0.2) is 22.9 Å². The third-order valence-corrected chi connectivity index (χ3v) is 1.98. The molecule has 17 heavy (non-hydrogen) atoms. The van der Waals surface area contributed by atoms with Crippen LogP contribution in [0.4, 0.5) is 17.1 Å². The number of carboxylic acid groups (broad SMARTS) is 1. The van der Waals surface area contributed by atoms with Gasteiger partial charge in [0.05, 0.1) is 21.9 Å². The van der Waals surface area contributed by atoms with Crippen LogP contribution in [0.25, 0.3) is 0 Å². The van der Waals surface area contributed by atoms with E-state index >= 15 is 0 Å². The first-order chi connectivity index (χ1) is 7.88. The number of carbonyl (C=O) groups is 1. The SMILES string of the molecule is CNc1c(C(=O)[O-])cc([N+](=O)[O-])cc1[N+](=O)[O-]. The summed E-state index contributed by atoms with van der Waals surface area (Å²) in [4.78, 5) is 30.1. The molecular formula is C8H6N3O6-. The molecule has 90 valence electrons. The number of hydrogen-bond acceptors (Lipinski definition) is 7. The summed E-state index contributed by atoms with van der Waals surface area (Å²) in [5.74, 6) is -1.74. The van der Waals surface area contributed by atoms with Crippen LogP contribution >= 0.6 is 0 Å². The topological polar surface area (TPSA) is 138 Å². The number of nitrogens with one attached hydrogen (secondary N) is 1. The zero-order valence-electron chi connectivity index (χ0n) is 8.50. The molecule has 0 amide bonds. The van der Waals surface area contributed by atoms with Gasteiger partial charge >= 0.3 is 0 Å². The Morgan fingerprint density at radius 3 is 2.18 bits per heavy atom. The van der Waals surface area contributed by atoms with Gasteiger partial charge in [-0.25, -0.2) is 0 Å². The summed E-state index contributed by atoms with van der Waals surface area (Å²) in [5.41, 5.74) is -2.34. The predicted octanol–water partition coefficient (Wildman–Crippen LogP) is -0.0918. The third-order valence-electron chi connectivity index (χ3n) is 1.98. The Hall–Kier alpha value is -2.71. The van der Waals surface area contributed by atoms with Crippen molar-refractivity contribution in [2.75, 3.05) is 12.4 Å². The Morgan fingerprint density at radius 2 is 1.82 bits per heavy atom. The predicted molar refractivity (Wildman–Crippen MR) is 53.6 cm³/mol. The monoisotopic (exact) mass is 240 g/mol. The smallest absolute Gasteiger partial charge is 0.299 e. The molecule has 0 unspecified atom stereocenters. The average molecular weight is 240 g/mol. The fourth-order valence-corrected chi connectivity index (χ4v) is 1.29. The molecule has 9 nitrogen and oxygen atoms in total. The molecule has 1 aromatic carbocycles. The number of carbonyl (C=O) groups excluding carboxylic acids is 1. The maximum atomic E-state index is 10.7. The van der Waals surface area contributed by atoms with Gasteiger partial charge in [0.15, 0.2) is 0 Å². The number of aromatic carboxylic acids is 1. The first-order valence-corrected chi connectivity index (χ1v) is 4.24. The molecular weight excluding hydrogens is 234 g/mol. The highest BCUT2D eigenvalue weighted by Crippen LogP contribution is 2.32. The van der Waals surface area contributed by atoms with E-state index in [0.29, 0.717) is 12.1 Å². The van der Waals surface area contributed by atoms with Crippen LogP contribution in [0.15, 0.2) is 12.1 Å². The zero-order valence-corrected chi connectivity index (χ0v) is 8.50. The molecule has 0 aliphatic rings. The van der Waals surface area contributed by atoms with Gasteiger partial charge in [0.25, 0.3) is 11.4 Å². The van der Waals surface area contributed by atoms with Crippen LogP contribution in [0, 0.1) is 20.2 Å². The van der Waals surface area contributed by atoms with Crippen molar-refractivity contribution in [1.29, 1.82) is 0 Å². The summed E-state index contributed by atoms with van der Waals surface area (Å²) < 4.78 is 0. The van der Waals surface area contributed by atoms with E-state index < -0.39 is 32.8 Å². The van der Waals surface area contributed by atoms with E-state index in [1.807, 2.05) is 0 Å². The lowest BCUT2D eigenvalue weighted by Crippen LogP contribution is -2.24. The summed E-state index contributed by atoms with van der Waals surface area (Å²) in [5, 5.41) is 34.2. The first-order valence-electron chi connectivity index (χ1n) is 4.24. The second-order valence-electron chi connectivity index (χ2n) is 2.94. The molecule has 0 aliphatic carbocycles. The number of anilines is 1. The molecule has 0 spiro atoms. The van der Waals surface area contributed by atoms with Gasteiger partial charge in [-0.05, 0) is 0 Å². The van der Waals surface area contributed by atoms with Crippen LogP contribution in [0.3, 0.4) is 0 Å². The lowest BCUT2D eigenvalue weighted by Gasteiger charge is -2.09. The van der Waals surface area contributed by atoms with Gasteiger partial charge in [-0.15, -0.1) is 0 Å². The van der Waals surface area contributed by atoms with Crippen LogP contribution in [0.1, 0.15) is 10.4 Å². The van der Waals surface area contributed by atoms with Gasteiger partial charge in [0.1, 0.15) is 5.69 Å². The summed E-state index contributed by atoms with van der Waals surface area (Å²) in [6.07, 6.45) is 0. The number of carboxylic acids is 1. The number of rotatable bonds is 4. The molecule has 0 fully saturated rings. The summed E-state index contributed by atoms with van der Waals surface area (Å²) in [6, 6.07) is 1.38. The molecule has 9 heteroatoms. The number of nitro benzene ring substituents is 2. The molecule has 1 aromatic rings. The van der Waals surface area contributed by atoms with Gasteiger partial charge in [-0.3, -0.25) is 20.2 Å². The van der Waals surface area contributed by atoms with Crippen molar-refractivity contribution in [3.05, 3.63) is 37.9 Å². The van der Waals surface area contributed by atoms with Crippen LogP contribution in [-0.2, 0) is 0 Å². The van der Waals surface area contributed by atoms with Crippen molar-refractivity contribution in [2.24, 2.45) is 0 Å². The Morgan fingerprint density at radius 1 is 1.24 bits per heavy atom. The fraction of sp³-hybridized carbons (Fsp3) is 0.125. The Kier molecular flexibility index (Phi) is 3.22. The van der Waals surface area contributed by atoms with Crippen molar-refractivity contribution in [3.63, 3.8) is 0 Å². The van der Waals surface area contributed by atoms with Crippen molar-refractivity contribution in [1.82, 2.24) is 0 Å². The number of hydrogen-bond donors (Lipinski definition) is 1. The highest BCUT2D eigenvalue weighted by atomic mass is 16.6. The average Bonchev–Trinajstić information content (AvgIpc) is 2.26. The van der Waals surface area contributed by atoms with E-state index in [2.05, 4.69) is 5.32 Å². The van der Waals surface area contributed by atoms with Gasteiger partial charge in [-0.1, -0.05) is 0 Å². The highest BCUT2D eigenvalue weighted by Gasteiger charge is 2.23. The number of non-ortho nitro benzene ring substituents is 1.